The van der Waals surface area contributed by atoms with Gasteiger partial charge in [0.25, 0.3) is 0 Å². The highest BCUT2D eigenvalue weighted by Crippen LogP contribution is 2.36. The third-order valence-corrected chi connectivity index (χ3v) is 4.03. The molecule has 150 valence electrons. The minimum absolute atomic E-state index is 0.0354. The van der Waals surface area contributed by atoms with Crippen molar-refractivity contribution in [2.75, 3.05) is 13.7 Å². The van der Waals surface area contributed by atoms with Crippen LogP contribution >= 0.6 is 0 Å². The first kappa shape index (κ1) is 21.3. The number of fused-ring (bicyclic) bond motifs is 1. The summed E-state index contributed by atoms with van der Waals surface area (Å²) in [6.45, 7) is 7.55. The summed E-state index contributed by atoms with van der Waals surface area (Å²) in [7, 11) is 1.47. The van der Waals surface area contributed by atoms with Gasteiger partial charge in [0, 0.05) is 6.92 Å². The van der Waals surface area contributed by atoms with Gasteiger partial charge in [-0.3, -0.25) is 4.79 Å². The molecule has 0 radical (unpaired) electrons. The standard InChI is InChI=1S/C22H26O6/c1-14(2)8-6-9-15(3)12-13-26-21-20(27-16(4)23)17-10-7-11-18(25-5)19(17)28-22(21)24/h7-8,10-12H,6,9,13H2,1-5H3. The van der Waals surface area contributed by atoms with Crippen molar-refractivity contribution >= 4 is 16.9 Å². The molecule has 0 spiro atoms. The number of hydrogen-bond acceptors (Lipinski definition) is 6. The molecule has 28 heavy (non-hydrogen) atoms. The topological polar surface area (TPSA) is 75.0 Å². The molecule has 0 unspecified atom stereocenters. The minimum Gasteiger partial charge on any atom is -0.493 e. The fraction of sp³-hybridized carbons (Fsp3) is 0.364. The van der Waals surface area contributed by atoms with E-state index in [-0.39, 0.29) is 23.7 Å². The van der Waals surface area contributed by atoms with Crippen molar-refractivity contribution in [2.45, 2.75) is 40.5 Å². The Hall–Kier alpha value is -3.02. The molecular weight excluding hydrogens is 360 g/mol. The van der Waals surface area contributed by atoms with Gasteiger partial charge in [-0.25, -0.2) is 4.79 Å². The van der Waals surface area contributed by atoms with E-state index in [9.17, 15) is 9.59 Å². The van der Waals surface area contributed by atoms with Crippen molar-refractivity contribution in [3.8, 4) is 17.2 Å². The van der Waals surface area contributed by atoms with E-state index in [0.29, 0.717) is 11.1 Å². The molecular formula is C22H26O6. The lowest BCUT2D eigenvalue weighted by Gasteiger charge is -2.12. The van der Waals surface area contributed by atoms with Crippen LogP contribution in [0.4, 0.5) is 0 Å². The Morgan fingerprint density at radius 3 is 2.50 bits per heavy atom. The van der Waals surface area contributed by atoms with Gasteiger partial charge >= 0.3 is 11.6 Å². The Bertz CT molecular complexity index is 961. The summed E-state index contributed by atoms with van der Waals surface area (Å²) in [4.78, 5) is 24.0. The van der Waals surface area contributed by atoms with Crippen molar-refractivity contribution < 1.29 is 23.4 Å². The van der Waals surface area contributed by atoms with Crippen molar-refractivity contribution in [2.24, 2.45) is 0 Å². The molecule has 2 rings (SSSR count). The second-order valence-corrected chi connectivity index (χ2v) is 6.66. The largest absolute Gasteiger partial charge is 0.493 e. The molecule has 0 aliphatic carbocycles. The highest BCUT2D eigenvalue weighted by Gasteiger charge is 2.21. The molecule has 6 nitrogen and oxygen atoms in total. The fourth-order valence-corrected chi connectivity index (χ4v) is 2.64. The lowest BCUT2D eigenvalue weighted by molar-refractivity contribution is -0.131. The van der Waals surface area contributed by atoms with Crippen LogP contribution < -0.4 is 19.8 Å². The molecule has 0 saturated carbocycles. The second kappa shape index (κ2) is 9.78. The number of benzene rings is 1. The Balaban J connectivity index is 2.33. The first-order valence-electron chi connectivity index (χ1n) is 9.07. The van der Waals surface area contributed by atoms with Crippen molar-refractivity contribution in [3.63, 3.8) is 0 Å². The van der Waals surface area contributed by atoms with Crippen LogP contribution in [0.2, 0.25) is 0 Å². The Kier molecular flexibility index (Phi) is 7.44. The number of carbonyl (C=O) groups is 1. The van der Waals surface area contributed by atoms with Gasteiger partial charge in [0.2, 0.25) is 5.75 Å². The molecule has 0 amide bonds. The van der Waals surface area contributed by atoms with Gasteiger partial charge in [0.1, 0.15) is 6.61 Å². The number of methoxy groups -OCH3 is 1. The van der Waals surface area contributed by atoms with Gasteiger partial charge in [-0.15, -0.1) is 0 Å². The number of hydrogen-bond donors (Lipinski definition) is 0. The van der Waals surface area contributed by atoms with Crippen LogP contribution in [-0.4, -0.2) is 19.7 Å². The van der Waals surface area contributed by atoms with E-state index in [1.54, 1.807) is 18.2 Å². The third kappa shape index (κ3) is 5.49. The number of para-hydroxylation sites is 1. The monoisotopic (exact) mass is 386 g/mol. The highest BCUT2D eigenvalue weighted by molar-refractivity contribution is 5.91. The zero-order valence-corrected chi connectivity index (χ0v) is 17.0. The van der Waals surface area contributed by atoms with Gasteiger partial charge in [0.15, 0.2) is 17.1 Å². The van der Waals surface area contributed by atoms with E-state index < -0.39 is 11.6 Å². The lowest BCUT2D eigenvalue weighted by atomic mass is 10.1. The number of esters is 1. The van der Waals surface area contributed by atoms with Crippen LogP contribution in [0.1, 0.15) is 40.5 Å². The summed E-state index contributed by atoms with van der Waals surface area (Å²) in [5, 5.41) is 0.424. The third-order valence-electron chi connectivity index (χ3n) is 4.03. The smallest absolute Gasteiger partial charge is 0.383 e. The quantitative estimate of drug-likeness (QED) is 0.369. The number of allylic oxidation sites excluding steroid dienone is 3. The van der Waals surface area contributed by atoms with Gasteiger partial charge in [-0.1, -0.05) is 23.3 Å². The van der Waals surface area contributed by atoms with Crippen LogP contribution in [0.3, 0.4) is 0 Å². The van der Waals surface area contributed by atoms with E-state index in [2.05, 4.69) is 19.9 Å². The number of carbonyl (C=O) groups excluding carboxylic acids is 1. The number of rotatable bonds is 8. The maximum absolute atomic E-state index is 12.5. The van der Waals surface area contributed by atoms with Crippen molar-refractivity contribution in [1.29, 1.82) is 0 Å². The first-order valence-corrected chi connectivity index (χ1v) is 9.07. The molecule has 6 heteroatoms. The first-order chi connectivity index (χ1) is 13.3. The van der Waals surface area contributed by atoms with E-state index >= 15 is 0 Å². The van der Waals surface area contributed by atoms with Crippen molar-refractivity contribution in [1.82, 2.24) is 0 Å². The zero-order valence-electron chi connectivity index (χ0n) is 17.0. The minimum atomic E-state index is -0.733. The van der Waals surface area contributed by atoms with Crippen LogP contribution in [0.15, 0.2) is 50.7 Å². The Morgan fingerprint density at radius 2 is 1.86 bits per heavy atom. The summed E-state index contributed by atoms with van der Waals surface area (Å²) in [5.41, 5.74) is 1.88. The molecule has 0 aliphatic heterocycles. The Morgan fingerprint density at radius 1 is 1.11 bits per heavy atom. The maximum atomic E-state index is 12.5. The average molecular weight is 386 g/mol. The van der Waals surface area contributed by atoms with E-state index in [1.165, 1.54) is 19.6 Å². The summed E-state index contributed by atoms with van der Waals surface area (Å²) < 4.78 is 21.5. The SMILES string of the molecule is COc1cccc2c(OC(C)=O)c(OCC=C(C)CCC=C(C)C)c(=O)oc12. The average Bonchev–Trinajstić information content (AvgIpc) is 2.62. The molecule has 0 N–H and O–H groups in total. The summed E-state index contributed by atoms with van der Waals surface area (Å²) >= 11 is 0. The molecule has 1 aromatic heterocycles. The van der Waals surface area contributed by atoms with Crippen molar-refractivity contribution in [3.05, 3.63) is 51.9 Å². The maximum Gasteiger partial charge on any atom is 0.383 e. The van der Waals surface area contributed by atoms with Crippen LogP contribution in [0, 0.1) is 0 Å². The molecule has 1 heterocycles. The summed E-state index contributed by atoms with van der Waals surface area (Å²) in [6, 6.07) is 5.04. The summed E-state index contributed by atoms with van der Waals surface area (Å²) in [5.74, 6) is -0.296. The van der Waals surface area contributed by atoms with Gasteiger partial charge in [-0.2, -0.15) is 0 Å². The fourth-order valence-electron chi connectivity index (χ4n) is 2.64. The number of ether oxygens (including phenoxy) is 3. The van der Waals surface area contributed by atoms with Crippen LogP contribution in [-0.2, 0) is 4.79 Å². The molecule has 2 aromatic rings. The van der Waals surface area contributed by atoms with E-state index in [1.807, 2.05) is 13.0 Å². The lowest BCUT2D eigenvalue weighted by Crippen LogP contribution is -2.13. The zero-order chi connectivity index (χ0) is 20.7. The molecule has 0 atom stereocenters. The summed E-state index contributed by atoms with van der Waals surface area (Å²) in [6.07, 6.45) is 5.91. The van der Waals surface area contributed by atoms with Gasteiger partial charge in [-0.05, 0) is 51.8 Å². The van der Waals surface area contributed by atoms with E-state index in [4.69, 9.17) is 18.6 Å². The van der Waals surface area contributed by atoms with Crippen LogP contribution in [0.25, 0.3) is 11.0 Å². The molecule has 0 bridgehead atoms. The normalized spacial score (nSPS) is 11.2. The second-order valence-electron chi connectivity index (χ2n) is 6.66. The molecule has 0 saturated heterocycles. The molecule has 1 aromatic carbocycles. The van der Waals surface area contributed by atoms with Gasteiger partial charge < -0.3 is 18.6 Å². The molecule has 0 fully saturated rings. The highest BCUT2D eigenvalue weighted by atomic mass is 16.6. The van der Waals surface area contributed by atoms with Crippen LogP contribution in [0.5, 0.6) is 17.2 Å². The Labute approximate surface area is 164 Å². The van der Waals surface area contributed by atoms with E-state index in [0.717, 1.165) is 18.4 Å². The van der Waals surface area contributed by atoms with Gasteiger partial charge in [0.05, 0.1) is 12.5 Å². The predicted octanol–water partition coefficient (Wildman–Crippen LogP) is 4.80. The molecule has 0 aliphatic rings. The predicted molar refractivity (Wildman–Crippen MR) is 108 cm³/mol.